The van der Waals surface area contributed by atoms with E-state index >= 15 is 0 Å². The first kappa shape index (κ1) is 24.9. The second-order valence-corrected chi connectivity index (χ2v) is 12.6. The number of imidazole rings is 1. The van der Waals surface area contributed by atoms with Crippen LogP contribution in [-0.2, 0) is 0 Å². The first-order chi connectivity index (χ1) is 23.3. The van der Waals surface area contributed by atoms with Gasteiger partial charge < -0.3 is 0 Å². The third-order valence-electron chi connectivity index (χ3n) is 10.1. The topological polar surface area (TPSA) is 30.2 Å². The summed E-state index contributed by atoms with van der Waals surface area (Å²) in [7, 11) is 0. The quantitative estimate of drug-likeness (QED) is 0.186. The lowest BCUT2D eigenvalue weighted by atomic mass is 9.92. The Balaban J connectivity index is 1.15. The van der Waals surface area contributed by atoms with E-state index in [0.717, 1.165) is 38.5 Å². The molecule has 0 aliphatic heterocycles. The summed E-state index contributed by atoms with van der Waals surface area (Å²) in [6.45, 7) is 0. The summed E-state index contributed by atoms with van der Waals surface area (Å²) in [6.07, 6.45) is 1.88. The molecule has 0 radical (unpaired) electrons. The van der Waals surface area contributed by atoms with E-state index in [4.69, 9.17) is 9.97 Å². The molecule has 216 valence electrons. The van der Waals surface area contributed by atoms with E-state index in [2.05, 4.69) is 144 Å². The Morgan fingerprint density at radius 3 is 2.11 bits per heavy atom. The third kappa shape index (κ3) is 3.35. The molecule has 0 N–H and O–H groups in total. The van der Waals surface area contributed by atoms with Crippen LogP contribution in [0, 0.1) is 0 Å². The predicted molar refractivity (Wildman–Crippen MR) is 196 cm³/mol. The highest BCUT2D eigenvalue weighted by Gasteiger charge is 2.22. The van der Waals surface area contributed by atoms with Gasteiger partial charge in [0.1, 0.15) is 5.65 Å². The molecule has 0 bridgehead atoms. The second kappa shape index (κ2) is 9.12. The number of rotatable bonds is 2. The van der Waals surface area contributed by atoms with Gasteiger partial charge in [0.15, 0.2) is 0 Å². The van der Waals surface area contributed by atoms with Crippen LogP contribution in [0.25, 0.3) is 105 Å². The number of para-hydroxylation sites is 2. The summed E-state index contributed by atoms with van der Waals surface area (Å²) in [6, 6.07) is 52.9. The van der Waals surface area contributed by atoms with E-state index < -0.39 is 0 Å². The zero-order valence-corrected chi connectivity index (χ0v) is 25.3. The molecule has 7 aromatic carbocycles. The Kier molecular flexibility index (Phi) is 4.84. The third-order valence-corrected chi connectivity index (χ3v) is 10.1. The van der Waals surface area contributed by atoms with E-state index in [1.54, 1.807) is 0 Å². The zero-order valence-electron chi connectivity index (χ0n) is 25.3. The van der Waals surface area contributed by atoms with Crippen molar-refractivity contribution in [3.05, 3.63) is 152 Å². The molecule has 11 rings (SSSR count). The molecular weight excluding hydrogens is 571 g/mol. The SMILES string of the molecule is c1cc(-c2ccc3c4ccc5cccnc5c4c4nc5ccccc5n4c3c2)cc(-c2ccc3c4c(cccc24)-c2ccccc2-3)c1. The molecule has 0 amide bonds. The molecule has 3 heterocycles. The fourth-order valence-corrected chi connectivity index (χ4v) is 8.08. The molecule has 0 saturated heterocycles. The minimum absolute atomic E-state index is 0.942. The molecule has 3 nitrogen and oxygen atoms in total. The van der Waals surface area contributed by atoms with Gasteiger partial charge in [0, 0.05) is 17.0 Å². The van der Waals surface area contributed by atoms with Crippen LogP contribution < -0.4 is 0 Å². The standard InChI is InChI=1S/C44H25N3/c1-2-12-32-31(11-1)35-14-6-13-34-30(21-22-36(32)41(34)35)29-9-5-8-27(24-29)28-18-19-33-37-20-17-26-10-7-23-45-43(26)42(37)44-46-38-15-3-4-16-39(38)47(44)40(33)25-28/h1-25H. The smallest absolute Gasteiger partial charge is 0.148 e. The number of nitrogens with zero attached hydrogens (tertiary/aromatic N) is 3. The molecule has 10 aromatic rings. The van der Waals surface area contributed by atoms with Crippen LogP contribution in [-0.4, -0.2) is 14.4 Å². The number of benzene rings is 7. The summed E-state index contributed by atoms with van der Waals surface area (Å²) in [4.78, 5) is 10.0. The average molecular weight is 596 g/mol. The normalized spacial score (nSPS) is 12.3. The second-order valence-electron chi connectivity index (χ2n) is 12.6. The number of aromatic nitrogens is 3. The lowest BCUT2D eigenvalue weighted by molar-refractivity contribution is 1.31. The maximum absolute atomic E-state index is 5.19. The first-order valence-electron chi connectivity index (χ1n) is 16.1. The number of fused-ring (bicyclic) bond motifs is 13. The van der Waals surface area contributed by atoms with E-state index in [9.17, 15) is 0 Å². The molecule has 0 saturated carbocycles. The number of pyridine rings is 2. The maximum Gasteiger partial charge on any atom is 0.148 e. The first-order valence-corrected chi connectivity index (χ1v) is 16.1. The van der Waals surface area contributed by atoms with Crippen LogP contribution in [0.1, 0.15) is 0 Å². The average Bonchev–Trinajstić information content (AvgIpc) is 3.69. The summed E-state index contributed by atoms with van der Waals surface area (Å²) >= 11 is 0. The Morgan fingerprint density at radius 2 is 1.17 bits per heavy atom. The van der Waals surface area contributed by atoms with Crippen LogP contribution in [0.2, 0.25) is 0 Å². The highest BCUT2D eigenvalue weighted by molar-refractivity contribution is 6.22. The van der Waals surface area contributed by atoms with E-state index in [1.165, 1.54) is 66.1 Å². The van der Waals surface area contributed by atoms with Crippen LogP contribution in [0.3, 0.4) is 0 Å². The van der Waals surface area contributed by atoms with E-state index in [-0.39, 0.29) is 0 Å². The van der Waals surface area contributed by atoms with Gasteiger partial charge in [-0.3, -0.25) is 9.38 Å². The number of hydrogen-bond acceptors (Lipinski definition) is 2. The molecule has 0 spiro atoms. The van der Waals surface area contributed by atoms with Crippen molar-refractivity contribution in [3.63, 3.8) is 0 Å². The van der Waals surface area contributed by atoms with Crippen molar-refractivity contribution >= 4 is 60.0 Å². The fourth-order valence-electron chi connectivity index (χ4n) is 8.08. The monoisotopic (exact) mass is 595 g/mol. The van der Waals surface area contributed by atoms with Crippen LogP contribution >= 0.6 is 0 Å². The Morgan fingerprint density at radius 1 is 0.426 bits per heavy atom. The minimum atomic E-state index is 0.942. The Hall–Kier alpha value is -6.32. The Bertz CT molecular complexity index is 2940. The van der Waals surface area contributed by atoms with Crippen molar-refractivity contribution < 1.29 is 0 Å². The number of hydrogen-bond donors (Lipinski definition) is 0. The maximum atomic E-state index is 5.19. The zero-order chi connectivity index (χ0) is 30.6. The minimum Gasteiger partial charge on any atom is -0.292 e. The van der Waals surface area contributed by atoms with Crippen molar-refractivity contribution in [2.24, 2.45) is 0 Å². The molecule has 1 aliphatic rings. The van der Waals surface area contributed by atoms with Gasteiger partial charge in [0.05, 0.1) is 27.5 Å². The molecule has 1 aliphatic carbocycles. The molecular formula is C44H25N3. The van der Waals surface area contributed by atoms with Crippen molar-refractivity contribution in [1.29, 1.82) is 0 Å². The summed E-state index contributed by atoms with van der Waals surface area (Å²) in [5, 5.41) is 7.22. The summed E-state index contributed by atoms with van der Waals surface area (Å²) in [5.74, 6) is 0. The predicted octanol–water partition coefficient (Wildman–Crippen LogP) is 11.5. The summed E-state index contributed by atoms with van der Waals surface area (Å²) in [5.41, 5.74) is 15.3. The van der Waals surface area contributed by atoms with Gasteiger partial charge >= 0.3 is 0 Å². The van der Waals surface area contributed by atoms with E-state index in [0.29, 0.717) is 0 Å². The van der Waals surface area contributed by atoms with Gasteiger partial charge in [-0.2, -0.15) is 0 Å². The van der Waals surface area contributed by atoms with Gasteiger partial charge in [-0.25, -0.2) is 4.98 Å². The van der Waals surface area contributed by atoms with Gasteiger partial charge in [-0.1, -0.05) is 115 Å². The molecule has 3 aromatic heterocycles. The van der Waals surface area contributed by atoms with Gasteiger partial charge in [0.2, 0.25) is 0 Å². The Labute approximate surface area is 270 Å². The highest BCUT2D eigenvalue weighted by atomic mass is 15.0. The van der Waals surface area contributed by atoms with Crippen molar-refractivity contribution in [2.75, 3.05) is 0 Å². The lowest BCUT2D eigenvalue weighted by Crippen LogP contribution is -1.94. The van der Waals surface area contributed by atoms with Gasteiger partial charge in [0.25, 0.3) is 0 Å². The largest absolute Gasteiger partial charge is 0.292 e. The molecule has 0 fully saturated rings. The van der Waals surface area contributed by atoms with Crippen LogP contribution in [0.15, 0.2) is 152 Å². The fraction of sp³-hybridized carbons (Fsp3) is 0. The molecule has 47 heavy (non-hydrogen) atoms. The molecule has 0 unspecified atom stereocenters. The summed E-state index contributed by atoms with van der Waals surface area (Å²) < 4.78 is 2.33. The van der Waals surface area contributed by atoms with E-state index in [1.807, 2.05) is 12.3 Å². The molecule has 0 atom stereocenters. The van der Waals surface area contributed by atoms with Crippen molar-refractivity contribution in [1.82, 2.24) is 14.4 Å². The lowest BCUT2D eigenvalue weighted by Gasteiger charge is -2.14. The molecule has 3 heteroatoms. The van der Waals surface area contributed by atoms with Gasteiger partial charge in [-0.05, 0) is 91.0 Å². The highest BCUT2D eigenvalue weighted by Crippen LogP contribution is 2.49. The van der Waals surface area contributed by atoms with Crippen LogP contribution in [0.4, 0.5) is 0 Å². The van der Waals surface area contributed by atoms with Crippen LogP contribution in [0.5, 0.6) is 0 Å². The van der Waals surface area contributed by atoms with Crippen molar-refractivity contribution in [3.8, 4) is 44.5 Å². The van der Waals surface area contributed by atoms with Crippen molar-refractivity contribution in [2.45, 2.75) is 0 Å². The van der Waals surface area contributed by atoms with Gasteiger partial charge in [-0.15, -0.1) is 0 Å².